The van der Waals surface area contributed by atoms with Gasteiger partial charge in [-0.15, -0.1) is 12.8 Å². The standard InChI is InChI=1S/C24H28N2O2/c1-3-23(19-27)25(17-21-11-7-5-8-12-21)15-16-26(24(4-2)20-28)18-22-13-9-6-10-14-22/h1-2,5-14,23-24,27-28H,15-20H2/t23-,24-/m0/s1. The molecule has 0 aliphatic carbocycles. The number of hydrogen-bond acceptors (Lipinski definition) is 4. The molecule has 0 spiro atoms. The fourth-order valence-electron chi connectivity index (χ4n) is 3.13. The van der Waals surface area contributed by atoms with Gasteiger partial charge in [0.05, 0.1) is 25.3 Å². The zero-order chi connectivity index (χ0) is 20.2. The molecule has 0 saturated carbocycles. The Labute approximate surface area is 168 Å². The molecule has 2 atom stereocenters. The lowest BCUT2D eigenvalue weighted by Crippen LogP contribution is -2.45. The zero-order valence-electron chi connectivity index (χ0n) is 16.1. The van der Waals surface area contributed by atoms with E-state index < -0.39 is 0 Å². The number of aliphatic hydroxyl groups is 2. The number of hydrogen-bond donors (Lipinski definition) is 2. The van der Waals surface area contributed by atoms with Crippen molar-refractivity contribution >= 4 is 0 Å². The molecule has 0 bridgehead atoms. The predicted octanol–water partition coefficient (Wildman–Crippen LogP) is 1.98. The maximum Gasteiger partial charge on any atom is 0.0949 e. The molecule has 0 aromatic heterocycles. The van der Waals surface area contributed by atoms with Gasteiger partial charge in [0.2, 0.25) is 0 Å². The smallest absolute Gasteiger partial charge is 0.0949 e. The molecule has 0 aliphatic rings. The van der Waals surface area contributed by atoms with Gasteiger partial charge < -0.3 is 10.2 Å². The summed E-state index contributed by atoms with van der Waals surface area (Å²) in [4.78, 5) is 4.14. The van der Waals surface area contributed by atoms with E-state index in [1.54, 1.807) is 0 Å². The third-order valence-corrected chi connectivity index (χ3v) is 4.74. The summed E-state index contributed by atoms with van der Waals surface area (Å²) in [6, 6.07) is 19.3. The second kappa shape index (κ2) is 12.0. The fraction of sp³-hybridized carbons (Fsp3) is 0.333. The van der Waals surface area contributed by atoms with Crippen molar-refractivity contribution in [3.05, 3.63) is 71.8 Å². The van der Waals surface area contributed by atoms with Gasteiger partial charge in [0.15, 0.2) is 0 Å². The van der Waals surface area contributed by atoms with Crippen LogP contribution in [0.25, 0.3) is 0 Å². The molecule has 4 heteroatoms. The van der Waals surface area contributed by atoms with Crippen LogP contribution in [0.5, 0.6) is 0 Å². The van der Waals surface area contributed by atoms with Gasteiger partial charge >= 0.3 is 0 Å². The van der Waals surface area contributed by atoms with Gasteiger partial charge in [-0.3, -0.25) is 9.80 Å². The summed E-state index contributed by atoms with van der Waals surface area (Å²) < 4.78 is 0. The molecule has 146 valence electrons. The van der Waals surface area contributed by atoms with E-state index in [2.05, 4.69) is 21.6 Å². The first kappa shape index (κ1) is 21.7. The predicted molar refractivity (Wildman–Crippen MR) is 113 cm³/mol. The average molecular weight is 377 g/mol. The SMILES string of the molecule is C#C[C@@H](CO)N(CCN(Cc1ccccc1)[C@@H](C#C)CO)Cc1ccccc1. The lowest BCUT2D eigenvalue weighted by molar-refractivity contribution is 0.105. The van der Waals surface area contributed by atoms with Gasteiger partial charge in [0.1, 0.15) is 0 Å². The Morgan fingerprint density at radius 2 is 1.04 bits per heavy atom. The molecule has 0 fully saturated rings. The van der Waals surface area contributed by atoms with Gasteiger partial charge in [0.25, 0.3) is 0 Å². The first-order chi connectivity index (χ1) is 13.7. The minimum absolute atomic E-state index is 0.111. The summed E-state index contributed by atoms with van der Waals surface area (Å²) in [6.07, 6.45) is 11.3. The lowest BCUT2D eigenvalue weighted by Gasteiger charge is -2.32. The number of rotatable bonds is 11. The Morgan fingerprint density at radius 3 is 1.32 bits per heavy atom. The molecule has 2 rings (SSSR count). The second-order valence-corrected chi connectivity index (χ2v) is 6.64. The van der Waals surface area contributed by atoms with Crippen molar-refractivity contribution in [3.63, 3.8) is 0 Å². The van der Waals surface area contributed by atoms with E-state index in [9.17, 15) is 10.2 Å². The Balaban J connectivity index is 2.13. The minimum Gasteiger partial charge on any atom is -0.394 e. The fourth-order valence-corrected chi connectivity index (χ4v) is 3.13. The third-order valence-electron chi connectivity index (χ3n) is 4.74. The van der Waals surface area contributed by atoms with Gasteiger partial charge in [-0.1, -0.05) is 72.5 Å². The quantitative estimate of drug-likeness (QED) is 0.589. The summed E-state index contributed by atoms with van der Waals surface area (Å²) in [5, 5.41) is 19.4. The molecule has 0 unspecified atom stereocenters. The molecule has 28 heavy (non-hydrogen) atoms. The highest BCUT2D eigenvalue weighted by Gasteiger charge is 2.20. The van der Waals surface area contributed by atoms with Crippen LogP contribution < -0.4 is 0 Å². The molecule has 0 aliphatic heterocycles. The maximum absolute atomic E-state index is 9.71. The summed E-state index contributed by atoms with van der Waals surface area (Å²) in [6.45, 7) is 2.29. The van der Waals surface area contributed by atoms with Crippen molar-refractivity contribution in [1.82, 2.24) is 9.80 Å². The van der Waals surface area contributed by atoms with Crippen molar-refractivity contribution in [3.8, 4) is 24.7 Å². The van der Waals surface area contributed by atoms with E-state index in [4.69, 9.17) is 12.8 Å². The highest BCUT2D eigenvalue weighted by atomic mass is 16.3. The van der Waals surface area contributed by atoms with Gasteiger partial charge in [-0.2, -0.15) is 0 Å². The van der Waals surface area contributed by atoms with Crippen LogP contribution in [-0.4, -0.2) is 58.4 Å². The molecule has 0 amide bonds. The summed E-state index contributed by atoms with van der Waals surface area (Å²) in [7, 11) is 0. The monoisotopic (exact) mass is 376 g/mol. The van der Waals surface area contributed by atoms with Crippen LogP contribution in [0.2, 0.25) is 0 Å². The first-order valence-electron chi connectivity index (χ1n) is 9.41. The Kier molecular flexibility index (Phi) is 9.28. The van der Waals surface area contributed by atoms with Crippen LogP contribution in [0.15, 0.2) is 60.7 Å². The molecule has 4 nitrogen and oxygen atoms in total. The largest absolute Gasteiger partial charge is 0.394 e. The van der Waals surface area contributed by atoms with E-state index in [-0.39, 0.29) is 25.3 Å². The normalized spacial score (nSPS) is 13.1. The van der Waals surface area contributed by atoms with E-state index >= 15 is 0 Å². The number of benzene rings is 2. The van der Waals surface area contributed by atoms with Crippen molar-refractivity contribution in [2.45, 2.75) is 25.2 Å². The molecular weight excluding hydrogens is 348 g/mol. The average Bonchev–Trinajstić information content (AvgIpc) is 2.74. The topological polar surface area (TPSA) is 46.9 Å². The number of nitrogens with zero attached hydrogens (tertiary/aromatic N) is 2. The molecular formula is C24H28N2O2. The van der Waals surface area contributed by atoms with Crippen molar-refractivity contribution < 1.29 is 10.2 Å². The summed E-state index contributed by atoms with van der Waals surface area (Å²) in [5.41, 5.74) is 2.25. The number of terminal acetylenes is 2. The van der Waals surface area contributed by atoms with Gasteiger partial charge in [0, 0.05) is 26.2 Å². The van der Waals surface area contributed by atoms with E-state index in [0.717, 1.165) is 11.1 Å². The Morgan fingerprint density at radius 1 is 0.679 bits per heavy atom. The van der Waals surface area contributed by atoms with Crippen LogP contribution >= 0.6 is 0 Å². The summed E-state index contributed by atoms with van der Waals surface area (Å²) >= 11 is 0. The van der Waals surface area contributed by atoms with E-state index in [0.29, 0.717) is 26.2 Å². The van der Waals surface area contributed by atoms with Crippen molar-refractivity contribution in [1.29, 1.82) is 0 Å². The van der Waals surface area contributed by atoms with Crippen LogP contribution in [0.4, 0.5) is 0 Å². The van der Waals surface area contributed by atoms with Gasteiger partial charge in [-0.05, 0) is 11.1 Å². The molecule has 2 aromatic rings. The van der Waals surface area contributed by atoms with E-state index in [1.807, 2.05) is 60.7 Å². The molecule has 2 N–H and O–H groups in total. The maximum atomic E-state index is 9.71. The summed E-state index contributed by atoms with van der Waals surface area (Å²) in [5.74, 6) is 5.34. The minimum atomic E-state index is -0.378. The highest BCUT2D eigenvalue weighted by Crippen LogP contribution is 2.12. The molecule has 0 radical (unpaired) electrons. The first-order valence-corrected chi connectivity index (χ1v) is 9.41. The van der Waals surface area contributed by atoms with Crippen molar-refractivity contribution in [2.24, 2.45) is 0 Å². The van der Waals surface area contributed by atoms with E-state index in [1.165, 1.54) is 0 Å². The van der Waals surface area contributed by atoms with Crippen LogP contribution in [-0.2, 0) is 13.1 Å². The van der Waals surface area contributed by atoms with Crippen molar-refractivity contribution in [2.75, 3.05) is 26.3 Å². The lowest BCUT2D eigenvalue weighted by atomic mass is 10.1. The van der Waals surface area contributed by atoms with Crippen LogP contribution in [0, 0.1) is 24.7 Å². The Hall–Kier alpha value is -2.60. The van der Waals surface area contributed by atoms with Crippen LogP contribution in [0.1, 0.15) is 11.1 Å². The molecule has 0 heterocycles. The molecule has 2 aromatic carbocycles. The van der Waals surface area contributed by atoms with Crippen LogP contribution in [0.3, 0.4) is 0 Å². The third kappa shape index (κ3) is 6.53. The Bertz CT molecular complexity index is 697. The number of aliphatic hydroxyl groups excluding tert-OH is 2. The highest BCUT2D eigenvalue weighted by molar-refractivity contribution is 5.17. The second-order valence-electron chi connectivity index (χ2n) is 6.64. The zero-order valence-corrected chi connectivity index (χ0v) is 16.1. The van der Waals surface area contributed by atoms with Gasteiger partial charge in [-0.25, -0.2) is 0 Å². The molecule has 0 saturated heterocycles.